The van der Waals surface area contributed by atoms with E-state index in [4.69, 9.17) is 5.26 Å². The lowest BCUT2D eigenvalue weighted by molar-refractivity contribution is 0.598. The van der Waals surface area contributed by atoms with Crippen molar-refractivity contribution in [1.82, 2.24) is 0 Å². The third kappa shape index (κ3) is 3.96. The average molecular weight is 221 g/mol. The van der Waals surface area contributed by atoms with Crippen LogP contribution >= 0.6 is 0 Å². The summed E-state index contributed by atoms with van der Waals surface area (Å²) in [5.41, 5.74) is 0.800. The smallest absolute Gasteiger partial charge is 0.159 e. The first kappa shape index (κ1) is 11.5. The summed E-state index contributed by atoms with van der Waals surface area (Å²) in [6, 6.07) is 10.6. The zero-order chi connectivity index (χ0) is 11.3. The van der Waals surface area contributed by atoms with Crippen LogP contribution in [0.3, 0.4) is 0 Å². The van der Waals surface area contributed by atoms with Crippen molar-refractivity contribution < 1.29 is 8.42 Å². The topological polar surface area (TPSA) is 57.9 Å². The van der Waals surface area contributed by atoms with Crippen LogP contribution in [0, 0.1) is 11.3 Å². The van der Waals surface area contributed by atoms with Crippen LogP contribution in [0.5, 0.6) is 0 Å². The van der Waals surface area contributed by atoms with E-state index in [0.717, 1.165) is 5.56 Å². The molecule has 0 unspecified atom stereocenters. The van der Waals surface area contributed by atoms with Gasteiger partial charge in [0.05, 0.1) is 17.6 Å². The fourth-order valence-electron chi connectivity index (χ4n) is 1.18. The Balaban J connectivity index is 2.75. The van der Waals surface area contributed by atoms with Crippen LogP contribution in [0.25, 0.3) is 0 Å². The summed E-state index contributed by atoms with van der Waals surface area (Å²) in [4.78, 5) is 0. The van der Waals surface area contributed by atoms with Crippen molar-refractivity contribution in [2.75, 3.05) is 5.75 Å². The zero-order valence-corrected chi connectivity index (χ0v) is 9.00. The third-order valence-corrected chi connectivity index (χ3v) is 3.34. The standard InChI is InChI=1S/C11H11NO2S/c1-10(7-12)8-15(13,14)9-11-5-3-2-4-6-11/h2-6H,1,8-9H2. The molecule has 1 aromatic carbocycles. The van der Waals surface area contributed by atoms with Gasteiger partial charge in [-0.2, -0.15) is 5.26 Å². The number of nitrogens with zero attached hydrogens (tertiary/aromatic N) is 1. The van der Waals surface area contributed by atoms with Crippen molar-refractivity contribution in [1.29, 1.82) is 5.26 Å². The highest BCUT2D eigenvalue weighted by atomic mass is 32.2. The Hall–Kier alpha value is -1.60. The first-order valence-electron chi connectivity index (χ1n) is 4.36. The maximum absolute atomic E-state index is 11.6. The minimum absolute atomic E-state index is 0.0471. The molecule has 0 atom stereocenters. The molecule has 78 valence electrons. The number of benzene rings is 1. The van der Waals surface area contributed by atoms with Crippen LogP contribution in [0.2, 0.25) is 0 Å². The van der Waals surface area contributed by atoms with E-state index in [-0.39, 0.29) is 17.1 Å². The second-order valence-corrected chi connectivity index (χ2v) is 5.30. The van der Waals surface area contributed by atoms with Crippen molar-refractivity contribution in [3.05, 3.63) is 48.0 Å². The van der Waals surface area contributed by atoms with E-state index < -0.39 is 9.84 Å². The molecule has 4 heteroatoms. The molecular formula is C11H11NO2S. The third-order valence-electron chi connectivity index (χ3n) is 1.78. The predicted molar refractivity (Wildman–Crippen MR) is 58.7 cm³/mol. The summed E-state index contributed by atoms with van der Waals surface area (Å²) in [7, 11) is -3.27. The van der Waals surface area contributed by atoms with E-state index in [1.165, 1.54) is 0 Å². The molecule has 1 aromatic rings. The van der Waals surface area contributed by atoms with Gasteiger partial charge in [0.15, 0.2) is 9.84 Å². The molecular weight excluding hydrogens is 210 g/mol. The summed E-state index contributed by atoms with van der Waals surface area (Å²) >= 11 is 0. The molecule has 0 aliphatic carbocycles. The Bertz CT molecular complexity index is 483. The number of sulfone groups is 1. The molecule has 0 aliphatic rings. The summed E-state index contributed by atoms with van der Waals surface area (Å²) in [6.45, 7) is 3.36. The second kappa shape index (κ2) is 4.76. The minimum atomic E-state index is -3.27. The van der Waals surface area contributed by atoms with Gasteiger partial charge < -0.3 is 0 Å². The van der Waals surface area contributed by atoms with E-state index in [1.54, 1.807) is 30.3 Å². The molecule has 3 nitrogen and oxygen atoms in total. The number of hydrogen-bond donors (Lipinski definition) is 0. The molecule has 0 radical (unpaired) electrons. The molecule has 0 N–H and O–H groups in total. The van der Waals surface area contributed by atoms with Crippen LogP contribution in [-0.4, -0.2) is 14.2 Å². The Morgan fingerprint density at radius 2 is 1.93 bits per heavy atom. The largest absolute Gasteiger partial charge is 0.228 e. The monoisotopic (exact) mass is 221 g/mol. The van der Waals surface area contributed by atoms with Gasteiger partial charge in [0.25, 0.3) is 0 Å². The number of nitriles is 1. The summed E-state index contributed by atoms with van der Waals surface area (Å²) in [5.74, 6) is -0.313. The maximum Gasteiger partial charge on any atom is 0.159 e. The molecule has 0 saturated carbocycles. The molecule has 0 saturated heterocycles. The highest BCUT2D eigenvalue weighted by Gasteiger charge is 2.13. The van der Waals surface area contributed by atoms with E-state index in [9.17, 15) is 8.42 Å². The van der Waals surface area contributed by atoms with Gasteiger partial charge in [-0.05, 0) is 5.56 Å². The van der Waals surface area contributed by atoms with E-state index in [2.05, 4.69) is 6.58 Å². The Morgan fingerprint density at radius 3 is 2.47 bits per heavy atom. The fraction of sp³-hybridized carbons (Fsp3) is 0.182. The summed E-state index contributed by atoms with van der Waals surface area (Å²) in [5, 5.41) is 8.45. The Labute approximate surface area is 89.6 Å². The zero-order valence-electron chi connectivity index (χ0n) is 8.18. The molecule has 0 aliphatic heterocycles. The normalized spacial score (nSPS) is 10.6. The predicted octanol–water partition coefficient (Wildman–Crippen LogP) is 1.68. The van der Waals surface area contributed by atoms with Crippen molar-refractivity contribution in [3.63, 3.8) is 0 Å². The van der Waals surface area contributed by atoms with Gasteiger partial charge >= 0.3 is 0 Å². The Morgan fingerprint density at radius 1 is 1.33 bits per heavy atom. The van der Waals surface area contributed by atoms with Crippen LogP contribution in [-0.2, 0) is 15.6 Å². The quantitative estimate of drug-likeness (QED) is 0.727. The SMILES string of the molecule is C=C(C#N)CS(=O)(=O)Cc1ccccc1. The molecule has 1 rings (SSSR count). The van der Waals surface area contributed by atoms with Gasteiger partial charge in [-0.15, -0.1) is 0 Å². The molecule has 15 heavy (non-hydrogen) atoms. The first-order valence-corrected chi connectivity index (χ1v) is 6.18. The van der Waals surface area contributed by atoms with Gasteiger partial charge in [-0.3, -0.25) is 0 Å². The van der Waals surface area contributed by atoms with E-state index in [1.807, 2.05) is 6.07 Å². The van der Waals surface area contributed by atoms with Crippen molar-refractivity contribution in [2.45, 2.75) is 5.75 Å². The van der Waals surface area contributed by atoms with Gasteiger partial charge in [-0.25, -0.2) is 8.42 Å². The van der Waals surface area contributed by atoms with E-state index in [0.29, 0.717) is 0 Å². The fourth-order valence-corrected chi connectivity index (χ4v) is 2.57. The van der Waals surface area contributed by atoms with Gasteiger partial charge in [0, 0.05) is 5.57 Å². The lowest BCUT2D eigenvalue weighted by Gasteiger charge is -2.02. The van der Waals surface area contributed by atoms with Crippen molar-refractivity contribution >= 4 is 9.84 Å². The van der Waals surface area contributed by atoms with E-state index >= 15 is 0 Å². The molecule has 0 heterocycles. The Kier molecular flexibility index (Phi) is 3.64. The molecule has 0 spiro atoms. The molecule has 0 aromatic heterocycles. The maximum atomic E-state index is 11.6. The highest BCUT2D eigenvalue weighted by molar-refractivity contribution is 7.90. The lowest BCUT2D eigenvalue weighted by Crippen LogP contribution is -2.10. The van der Waals surface area contributed by atoms with Crippen molar-refractivity contribution in [2.24, 2.45) is 0 Å². The second-order valence-electron chi connectivity index (χ2n) is 3.23. The minimum Gasteiger partial charge on any atom is -0.228 e. The lowest BCUT2D eigenvalue weighted by atomic mass is 10.2. The highest BCUT2D eigenvalue weighted by Crippen LogP contribution is 2.08. The average Bonchev–Trinajstić information content (AvgIpc) is 2.17. The molecule has 0 bridgehead atoms. The van der Waals surface area contributed by atoms with Gasteiger partial charge in [0.2, 0.25) is 0 Å². The van der Waals surface area contributed by atoms with Gasteiger partial charge in [0.1, 0.15) is 0 Å². The van der Waals surface area contributed by atoms with Crippen LogP contribution in [0.1, 0.15) is 5.56 Å². The van der Waals surface area contributed by atoms with Crippen molar-refractivity contribution in [3.8, 4) is 6.07 Å². The van der Waals surface area contributed by atoms with Crippen LogP contribution in [0.15, 0.2) is 42.5 Å². The number of hydrogen-bond acceptors (Lipinski definition) is 3. The summed E-state index contributed by atoms with van der Waals surface area (Å²) < 4.78 is 23.1. The first-order chi connectivity index (χ1) is 7.03. The number of rotatable bonds is 4. The summed E-state index contributed by atoms with van der Waals surface area (Å²) in [6.07, 6.45) is 0. The molecule has 0 fully saturated rings. The molecule has 0 amide bonds. The van der Waals surface area contributed by atoms with Gasteiger partial charge in [-0.1, -0.05) is 36.9 Å². The van der Waals surface area contributed by atoms with Crippen LogP contribution in [0.4, 0.5) is 0 Å². The van der Waals surface area contributed by atoms with Crippen LogP contribution < -0.4 is 0 Å².